The van der Waals surface area contributed by atoms with Crippen molar-refractivity contribution >= 4 is 46.8 Å². The van der Waals surface area contributed by atoms with E-state index in [9.17, 15) is 9.59 Å². The van der Waals surface area contributed by atoms with Gasteiger partial charge in [-0.05, 0) is 50.8 Å². The van der Waals surface area contributed by atoms with Crippen molar-refractivity contribution in [2.75, 3.05) is 5.75 Å². The average Bonchev–Trinajstić information content (AvgIpc) is 3.19. The molecule has 1 aromatic heterocycles. The van der Waals surface area contributed by atoms with Crippen molar-refractivity contribution in [2.45, 2.75) is 70.2 Å². The second kappa shape index (κ2) is 11.4. The SMILES string of the molecule is CCn1c(SCC(=O)N[C@@H]2CCCC[C@H]2C)nnc1[C@@H](C)NC(=O)c1ccc(Cl)c(Cl)c1. The summed E-state index contributed by atoms with van der Waals surface area (Å²) >= 11 is 13.3. The molecule has 10 heteroatoms. The second-order valence-corrected chi connectivity index (χ2v) is 9.89. The van der Waals surface area contributed by atoms with E-state index in [4.69, 9.17) is 23.2 Å². The molecule has 0 aliphatic heterocycles. The van der Waals surface area contributed by atoms with Crippen molar-refractivity contribution in [3.63, 3.8) is 0 Å². The predicted octanol–water partition coefficient (Wildman–Crippen LogP) is 4.88. The Bertz CT molecular complexity index is 968. The smallest absolute Gasteiger partial charge is 0.251 e. The molecule has 2 N–H and O–H groups in total. The number of nitrogens with one attached hydrogen (secondary N) is 2. The molecule has 3 atom stereocenters. The highest BCUT2D eigenvalue weighted by Gasteiger charge is 2.24. The van der Waals surface area contributed by atoms with E-state index >= 15 is 0 Å². The lowest BCUT2D eigenvalue weighted by Gasteiger charge is -2.29. The molecule has 1 aromatic carbocycles. The lowest BCUT2D eigenvalue weighted by atomic mass is 9.86. The molecule has 1 aliphatic rings. The van der Waals surface area contributed by atoms with Crippen LogP contribution in [-0.4, -0.2) is 38.4 Å². The topological polar surface area (TPSA) is 88.9 Å². The van der Waals surface area contributed by atoms with Crippen molar-refractivity contribution in [2.24, 2.45) is 5.92 Å². The number of carbonyl (C=O) groups excluding carboxylic acids is 2. The van der Waals surface area contributed by atoms with Gasteiger partial charge in [0.2, 0.25) is 5.91 Å². The fraction of sp³-hybridized carbons (Fsp3) is 0.545. The molecule has 2 aromatic rings. The van der Waals surface area contributed by atoms with Crippen LogP contribution >= 0.6 is 35.0 Å². The lowest BCUT2D eigenvalue weighted by molar-refractivity contribution is -0.119. The number of halogens is 2. The molecule has 0 spiro atoms. The van der Waals surface area contributed by atoms with Crippen LogP contribution in [-0.2, 0) is 11.3 Å². The maximum atomic E-state index is 12.6. The Morgan fingerprint density at radius 2 is 1.97 bits per heavy atom. The van der Waals surface area contributed by atoms with Gasteiger partial charge < -0.3 is 15.2 Å². The number of benzene rings is 1. The van der Waals surface area contributed by atoms with Crippen LogP contribution in [0.15, 0.2) is 23.4 Å². The minimum atomic E-state index is -0.379. The van der Waals surface area contributed by atoms with Crippen molar-refractivity contribution in [3.05, 3.63) is 39.6 Å². The Hall–Kier alpha value is -1.77. The van der Waals surface area contributed by atoms with Gasteiger partial charge in [0, 0.05) is 18.2 Å². The van der Waals surface area contributed by atoms with Gasteiger partial charge in [-0.3, -0.25) is 9.59 Å². The molecule has 2 amide bonds. The Balaban J connectivity index is 1.60. The molecular formula is C22H29Cl2N5O2S. The van der Waals surface area contributed by atoms with E-state index in [1.807, 2.05) is 18.4 Å². The Labute approximate surface area is 203 Å². The van der Waals surface area contributed by atoms with Gasteiger partial charge in [-0.1, -0.05) is 54.7 Å². The molecule has 1 saturated carbocycles. The molecule has 32 heavy (non-hydrogen) atoms. The normalized spacial score (nSPS) is 19.4. The number of rotatable bonds is 8. The number of hydrogen-bond donors (Lipinski definition) is 2. The van der Waals surface area contributed by atoms with E-state index < -0.39 is 0 Å². The summed E-state index contributed by atoms with van der Waals surface area (Å²) in [5.74, 6) is 1.16. The number of carbonyl (C=O) groups is 2. The van der Waals surface area contributed by atoms with Crippen LogP contribution < -0.4 is 10.6 Å². The molecule has 0 saturated heterocycles. The Morgan fingerprint density at radius 3 is 2.66 bits per heavy atom. The average molecular weight is 498 g/mol. The van der Waals surface area contributed by atoms with Gasteiger partial charge in [0.05, 0.1) is 21.8 Å². The molecule has 7 nitrogen and oxygen atoms in total. The summed E-state index contributed by atoms with van der Waals surface area (Å²) in [5.41, 5.74) is 0.414. The first kappa shape index (κ1) is 24.9. The molecule has 3 rings (SSSR count). The highest BCUT2D eigenvalue weighted by atomic mass is 35.5. The van der Waals surface area contributed by atoms with Gasteiger partial charge in [0.25, 0.3) is 5.91 Å². The summed E-state index contributed by atoms with van der Waals surface area (Å²) in [5, 5.41) is 16.0. The maximum Gasteiger partial charge on any atom is 0.251 e. The number of thioether (sulfide) groups is 1. The summed E-state index contributed by atoms with van der Waals surface area (Å²) < 4.78 is 1.92. The summed E-state index contributed by atoms with van der Waals surface area (Å²) in [4.78, 5) is 25.1. The number of hydrogen-bond acceptors (Lipinski definition) is 5. The van der Waals surface area contributed by atoms with Crippen LogP contribution in [0, 0.1) is 5.92 Å². The molecule has 0 unspecified atom stereocenters. The highest BCUT2D eigenvalue weighted by molar-refractivity contribution is 7.99. The molecule has 174 valence electrons. The van der Waals surface area contributed by atoms with E-state index in [-0.39, 0.29) is 29.7 Å². The first-order valence-electron chi connectivity index (χ1n) is 10.9. The highest BCUT2D eigenvalue weighted by Crippen LogP contribution is 2.25. The van der Waals surface area contributed by atoms with Crippen LogP contribution in [0.1, 0.15) is 68.7 Å². The molecule has 1 aliphatic carbocycles. The van der Waals surface area contributed by atoms with Crippen molar-refractivity contribution in [1.82, 2.24) is 25.4 Å². The van der Waals surface area contributed by atoms with Crippen LogP contribution in [0.25, 0.3) is 0 Å². The van der Waals surface area contributed by atoms with E-state index in [2.05, 4.69) is 27.8 Å². The van der Waals surface area contributed by atoms with Crippen molar-refractivity contribution in [1.29, 1.82) is 0 Å². The molecule has 0 radical (unpaired) electrons. The minimum absolute atomic E-state index is 0.0157. The second-order valence-electron chi connectivity index (χ2n) is 8.13. The zero-order valence-electron chi connectivity index (χ0n) is 18.5. The van der Waals surface area contributed by atoms with Crippen molar-refractivity contribution < 1.29 is 9.59 Å². The molecule has 0 bridgehead atoms. The van der Waals surface area contributed by atoms with Gasteiger partial charge in [-0.25, -0.2) is 0 Å². The van der Waals surface area contributed by atoms with E-state index in [1.54, 1.807) is 12.1 Å². The summed E-state index contributed by atoms with van der Waals surface area (Å²) in [6.45, 7) is 6.65. The quantitative estimate of drug-likeness (QED) is 0.507. The third-order valence-corrected chi connectivity index (χ3v) is 7.47. The fourth-order valence-electron chi connectivity index (χ4n) is 3.92. The Morgan fingerprint density at radius 1 is 1.22 bits per heavy atom. The van der Waals surface area contributed by atoms with E-state index in [0.717, 1.165) is 12.8 Å². The Kier molecular flexibility index (Phi) is 8.85. The van der Waals surface area contributed by atoms with Crippen LogP contribution in [0.2, 0.25) is 10.0 Å². The van der Waals surface area contributed by atoms with Crippen molar-refractivity contribution in [3.8, 4) is 0 Å². The van der Waals surface area contributed by atoms with Gasteiger partial charge in [-0.15, -0.1) is 10.2 Å². The fourth-order valence-corrected chi connectivity index (χ4v) is 5.03. The van der Waals surface area contributed by atoms with Gasteiger partial charge in [0.1, 0.15) is 0 Å². The first-order valence-corrected chi connectivity index (χ1v) is 12.7. The minimum Gasteiger partial charge on any atom is -0.352 e. The van der Waals surface area contributed by atoms with Gasteiger partial charge in [0.15, 0.2) is 11.0 Å². The van der Waals surface area contributed by atoms with E-state index in [1.165, 1.54) is 30.7 Å². The predicted molar refractivity (Wildman–Crippen MR) is 128 cm³/mol. The molecule has 1 heterocycles. The zero-order valence-corrected chi connectivity index (χ0v) is 20.9. The lowest BCUT2D eigenvalue weighted by Crippen LogP contribution is -2.41. The third-order valence-electron chi connectivity index (χ3n) is 5.77. The molecule has 1 fully saturated rings. The van der Waals surface area contributed by atoms with Crippen LogP contribution in [0.3, 0.4) is 0 Å². The largest absolute Gasteiger partial charge is 0.352 e. The first-order chi connectivity index (χ1) is 15.3. The summed E-state index contributed by atoms with van der Waals surface area (Å²) in [6, 6.07) is 4.62. The monoisotopic (exact) mass is 497 g/mol. The summed E-state index contributed by atoms with van der Waals surface area (Å²) in [6.07, 6.45) is 4.62. The van der Waals surface area contributed by atoms with Gasteiger partial charge in [-0.2, -0.15) is 0 Å². The number of amides is 2. The maximum absolute atomic E-state index is 12.6. The summed E-state index contributed by atoms with van der Waals surface area (Å²) in [7, 11) is 0. The van der Waals surface area contributed by atoms with Crippen LogP contribution in [0.4, 0.5) is 0 Å². The number of aromatic nitrogens is 3. The van der Waals surface area contributed by atoms with E-state index in [0.29, 0.717) is 39.1 Å². The number of nitrogens with zero attached hydrogens (tertiary/aromatic N) is 3. The standard InChI is InChI=1S/C22H29Cl2N5O2S/c1-4-29-20(14(3)25-21(31)15-9-10-16(23)17(24)11-15)27-28-22(29)32-12-19(30)26-18-8-6-5-7-13(18)2/h9-11,13-14,18H,4-8,12H2,1-3H3,(H,25,31)(H,26,30)/t13-,14-,18-/m1/s1. The van der Waals surface area contributed by atoms with Gasteiger partial charge >= 0.3 is 0 Å². The zero-order chi connectivity index (χ0) is 23.3. The molecular weight excluding hydrogens is 469 g/mol. The third kappa shape index (κ3) is 6.17. The van der Waals surface area contributed by atoms with Crippen LogP contribution in [0.5, 0.6) is 0 Å².